The van der Waals surface area contributed by atoms with Crippen molar-refractivity contribution in [3.8, 4) is 0 Å². The molecule has 0 heterocycles. The number of amides is 1. The first-order chi connectivity index (χ1) is 8.86. The molecule has 0 fully saturated rings. The predicted octanol–water partition coefficient (Wildman–Crippen LogP) is 1.94. The Balaban J connectivity index is 3.05. The van der Waals surface area contributed by atoms with E-state index in [1.165, 1.54) is 6.92 Å². The number of carbonyl (C=O) groups is 1. The Morgan fingerprint density at radius 1 is 1.32 bits per heavy atom. The Morgan fingerprint density at radius 2 is 1.95 bits per heavy atom. The van der Waals surface area contributed by atoms with Gasteiger partial charge in [0.15, 0.2) is 0 Å². The zero-order valence-corrected chi connectivity index (χ0v) is 10.3. The van der Waals surface area contributed by atoms with Gasteiger partial charge in [-0.25, -0.2) is 17.6 Å². The highest BCUT2D eigenvalue weighted by atomic mass is 19.3. The molecule has 19 heavy (non-hydrogen) atoms. The zero-order chi connectivity index (χ0) is 14.6. The van der Waals surface area contributed by atoms with E-state index >= 15 is 0 Å². The first-order valence-corrected chi connectivity index (χ1v) is 5.60. The molecule has 0 radical (unpaired) electrons. The minimum Gasteiger partial charge on any atom is -0.332 e. The second-order valence-electron chi connectivity index (χ2n) is 4.01. The maximum atomic E-state index is 13.5. The predicted molar refractivity (Wildman–Crippen MR) is 62.1 cm³/mol. The lowest BCUT2D eigenvalue weighted by Gasteiger charge is -2.22. The van der Waals surface area contributed by atoms with E-state index in [9.17, 15) is 22.4 Å². The first kappa shape index (κ1) is 15.4. The summed E-state index contributed by atoms with van der Waals surface area (Å²) in [6.45, 7) is 0.358. The summed E-state index contributed by atoms with van der Waals surface area (Å²) in [6, 6.07) is 1.56. The van der Waals surface area contributed by atoms with Gasteiger partial charge in [-0.15, -0.1) is 0 Å². The topological polar surface area (TPSA) is 46.3 Å². The molecular weight excluding hydrogens is 264 g/mol. The Morgan fingerprint density at radius 3 is 2.47 bits per heavy atom. The monoisotopic (exact) mass is 278 g/mol. The van der Waals surface area contributed by atoms with Gasteiger partial charge in [-0.3, -0.25) is 4.79 Å². The lowest BCUT2D eigenvalue weighted by Crippen LogP contribution is -2.39. The van der Waals surface area contributed by atoms with Gasteiger partial charge in [0.25, 0.3) is 12.3 Å². The molecule has 0 unspecified atom stereocenters. The van der Waals surface area contributed by atoms with Crippen LogP contribution < -0.4 is 5.73 Å². The van der Waals surface area contributed by atoms with Crippen LogP contribution in [-0.2, 0) is 0 Å². The highest BCUT2D eigenvalue weighted by Crippen LogP contribution is 2.16. The quantitative estimate of drug-likeness (QED) is 0.837. The van der Waals surface area contributed by atoms with Crippen molar-refractivity contribution in [1.29, 1.82) is 0 Å². The van der Waals surface area contributed by atoms with Gasteiger partial charge in [0, 0.05) is 19.2 Å². The Hall–Kier alpha value is -1.63. The van der Waals surface area contributed by atoms with Crippen molar-refractivity contribution in [2.24, 2.45) is 5.73 Å². The van der Waals surface area contributed by atoms with Gasteiger partial charge in [-0.05, 0) is 18.6 Å². The fraction of sp³-hybridized carbons (Fsp3) is 0.417. The molecule has 0 atom stereocenters. The summed E-state index contributed by atoms with van der Waals surface area (Å²) in [7, 11) is 0. The van der Waals surface area contributed by atoms with Crippen LogP contribution in [0.15, 0.2) is 12.1 Å². The Kier molecular flexibility index (Phi) is 5.29. The highest BCUT2D eigenvalue weighted by Gasteiger charge is 2.22. The molecule has 7 heteroatoms. The molecular formula is C12H14F4N2O. The van der Waals surface area contributed by atoms with Crippen molar-refractivity contribution in [2.45, 2.75) is 13.3 Å². The van der Waals surface area contributed by atoms with E-state index in [2.05, 4.69) is 0 Å². The van der Waals surface area contributed by atoms with Gasteiger partial charge in [0.1, 0.15) is 11.6 Å². The van der Waals surface area contributed by atoms with Gasteiger partial charge >= 0.3 is 0 Å². The van der Waals surface area contributed by atoms with Crippen LogP contribution in [0.25, 0.3) is 0 Å². The molecule has 2 N–H and O–H groups in total. The van der Waals surface area contributed by atoms with Crippen molar-refractivity contribution in [3.63, 3.8) is 0 Å². The van der Waals surface area contributed by atoms with Crippen LogP contribution >= 0.6 is 0 Å². The fourth-order valence-electron chi connectivity index (χ4n) is 1.59. The van der Waals surface area contributed by atoms with Crippen LogP contribution in [0, 0.1) is 18.6 Å². The van der Waals surface area contributed by atoms with Crippen molar-refractivity contribution in [3.05, 3.63) is 34.9 Å². The molecule has 0 saturated heterocycles. The number of aryl methyl sites for hydroxylation is 1. The van der Waals surface area contributed by atoms with Crippen LogP contribution in [-0.4, -0.2) is 36.9 Å². The lowest BCUT2D eigenvalue weighted by atomic mass is 10.1. The summed E-state index contributed by atoms with van der Waals surface area (Å²) in [5.41, 5.74) is 4.85. The summed E-state index contributed by atoms with van der Waals surface area (Å²) in [5, 5.41) is 0. The second-order valence-corrected chi connectivity index (χ2v) is 4.01. The summed E-state index contributed by atoms with van der Waals surface area (Å²) in [5.74, 6) is -2.80. The summed E-state index contributed by atoms with van der Waals surface area (Å²) < 4.78 is 51.3. The van der Waals surface area contributed by atoms with Gasteiger partial charge in [-0.1, -0.05) is 0 Å². The smallest absolute Gasteiger partial charge is 0.257 e. The maximum Gasteiger partial charge on any atom is 0.257 e. The molecule has 1 rings (SSSR count). The molecule has 0 spiro atoms. The third-order valence-electron chi connectivity index (χ3n) is 2.52. The van der Waals surface area contributed by atoms with E-state index in [0.29, 0.717) is 6.07 Å². The average molecular weight is 278 g/mol. The normalized spacial score (nSPS) is 10.9. The number of rotatable bonds is 5. The molecule has 0 bridgehead atoms. The maximum absolute atomic E-state index is 13.5. The molecule has 1 amide bonds. The number of halogens is 4. The molecule has 3 nitrogen and oxygen atoms in total. The van der Waals surface area contributed by atoms with Gasteiger partial charge in [0.2, 0.25) is 0 Å². The van der Waals surface area contributed by atoms with E-state index < -0.39 is 36.1 Å². The number of hydrogen-bond donors (Lipinski definition) is 1. The molecule has 0 saturated carbocycles. The molecule has 1 aromatic carbocycles. The SMILES string of the molecule is Cc1cc(C(=O)N(CCN)CC(F)F)c(F)cc1F. The number of alkyl halides is 2. The minimum atomic E-state index is -2.75. The molecule has 0 aliphatic carbocycles. The summed E-state index contributed by atoms with van der Waals surface area (Å²) in [4.78, 5) is 12.7. The molecule has 106 valence electrons. The van der Waals surface area contributed by atoms with E-state index in [4.69, 9.17) is 5.73 Å². The molecule has 0 aromatic heterocycles. The van der Waals surface area contributed by atoms with Crippen LogP contribution in [0.3, 0.4) is 0 Å². The molecule has 0 aliphatic rings. The third-order valence-corrected chi connectivity index (χ3v) is 2.52. The first-order valence-electron chi connectivity index (χ1n) is 5.60. The standard InChI is InChI=1S/C12H14F4N2O/c1-7-4-8(10(14)5-9(7)13)12(19)18(3-2-17)6-11(15)16/h4-5,11H,2-3,6,17H2,1H3. The number of carbonyl (C=O) groups excluding carboxylic acids is 1. The van der Waals surface area contributed by atoms with Gasteiger partial charge in [-0.2, -0.15) is 0 Å². The van der Waals surface area contributed by atoms with E-state index in [1.807, 2.05) is 0 Å². The largest absolute Gasteiger partial charge is 0.332 e. The highest BCUT2D eigenvalue weighted by molar-refractivity contribution is 5.94. The zero-order valence-electron chi connectivity index (χ0n) is 10.3. The third kappa shape index (κ3) is 3.92. The lowest BCUT2D eigenvalue weighted by molar-refractivity contribution is 0.0558. The molecule has 0 aliphatic heterocycles. The van der Waals surface area contributed by atoms with Crippen molar-refractivity contribution < 1.29 is 22.4 Å². The van der Waals surface area contributed by atoms with Crippen LogP contribution in [0.2, 0.25) is 0 Å². The minimum absolute atomic E-state index is 0.0275. The number of hydrogen-bond acceptors (Lipinski definition) is 2. The summed E-state index contributed by atoms with van der Waals surface area (Å²) in [6.07, 6.45) is -2.75. The second kappa shape index (κ2) is 6.51. The van der Waals surface area contributed by atoms with Crippen molar-refractivity contribution >= 4 is 5.91 Å². The Bertz CT molecular complexity index is 465. The number of benzene rings is 1. The van der Waals surface area contributed by atoms with Gasteiger partial charge in [0.05, 0.1) is 12.1 Å². The average Bonchev–Trinajstić information content (AvgIpc) is 2.32. The van der Waals surface area contributed by atoms with E-state index in [1.54, 1.807) is 0 Å². The van der Waals surface area contributed by atoms with E-state index in [0.717, 1.165) is 11.0 Å². The number of nitrogens with two attached hydrogens (primary N) is 1. The number of nitrogens with zero attached hydrogens (tertiary/aromatic N) is 1. The summed E-state index contributed by atoms with van der Waals surface area (Å²) >= 11 is 0. The van der Waals surface area contributed by atoms with Crippen LogP contribution in [0.1, 0.15) is 15.9 Å². The molecule has 1 aromatic rings. The fourth-order valence-corrected chi connectivity index (χ4v) is 1.59. The van der Waals surface area contributed by atoms with Crippen molar-refractivity contribution in [2.75, 3.05) is 19.6 Å². The van der Waals surface area contributed by atoms with Gasteiger partial charge < -0.3 is 10.6 Å². The van der Waals surface area contributed by atoms with E-state index in [-0.39, 0.29) is 18.7 Å². The Labute approximate surface area is 108 Å². The van der Waals surface area contributed by atoms with Crippen molar-refractivity contribution in [1.82, 2.24) is 4.90 Å². The van der Waals surface area contributed by atoms with Crippen LogP contribution in [0.4, 0.5) is 17.6 Å². The van der Waals surface area contributed by atoms with Crippen LogP contribution in [0.5, 0.6) is 0 Å².